The molecule has 14 heavy (non-hydrogen) atoms. The van der Waals surface area contributed by atoms with Gasteiger partial charge in [-0.2, -0.15) is 13.2 Å². The third-order valence-electron chi connectivity index (χ3n) is 1.79. The standard InChI is InChI=1S/C9H11F3N2/c10-9(11,12)7-3-4-8(14-6-7)2-1-5-13/h3-4,6H,1-2,5,13H2. The van der Waals surface area contributed by atoms with Crippen LogP contribution in [-0.4, -0.2) is 11.5 Å². The molecule has 0 atom stereocenters. The van der Waals surface area contributed by atoms with Gasteiger partial charge in [0.1, 0.15) is 0 Å². The molecule has 0 aliphatic carbocycles. The summed E-state index contributed by atoms with van der Waals surface area (Å²) in [4.78, 5) is 3.71. The van der Waals surface area contributed by atoms with Crippen molar-refractivity contribution in [2.75, 3.05) is 6.54 Å². The second kappa shape index (κ2) is 4.41. The van der Waals surface area contributed by atoms with E-state index in [4.69, 9.17) is 5.73 Å². The molecule has 5 heteroatoms. The SMILES string of the molecule is NCCCc1ccc(C(F)(F)F)cn1. The van der Waals surface area contributed by atoms with Gasteiger partial charge >= 0.3 is 6.18 Å². The number of rotatable bonds is 3. The first-order valence-corrected chi connectivity index (χ1v) is 4.26. The summed E-state index contributed by atoms with van der Waals surface area (Å²) in [6.07, 6.45) is -2.10. The highest BCUT2D eigenvalue weighted by Crippen LogP contribution is 2.28. The second-order valence-corrected chi connectivity index (χ2v) is 2.93. The Morgan fingerprint density at radius 3 is 2.43 bits per heavy atom. The molecule has 0 aromatic carbocycles. The Morgan fingerprint density at radius 1 is 1.29 bits per heavy atom. The van der Waals surface area contributed by atoms with E-state index in [9.17, 15) is 13.2 Å². The number of halogens is 3. The topological polar surface area (TPSA) is 38.9 Å². The smallest absolute Gasteiger partial charge is 0.330 e. The molecule has 0 unspecified atom stereocenters. The number of pyridine rings is 1. The van der Waals surface area contributed by atoms with Gasteiger partial charge in [0.2, 0.25) is 0 Å². The summed E-state index contributed by atoms with van der Waals surface area (Å²) < 4.78 is 36.3. The predicted octanol–water partition coefficient (Wildman–Crippen LogP) is 1.99. The number of alkyl halides is 3. The summed E-state index contributed by atoms with van der Waals surface area (Å²) in [7, 11) is 0. The predicted molar refractivity (Wildman–Crippen MR) is 46.6 cm³/mol. The number of aryl methyl sites for hydroxylation is 1. The van der Waals surface area contributed by atoms with Gasteiger partial charge in [-0.05, 0) is 31.5 Å². The third-order valence-corrected chi connectivity index (χ3v) is 1.79. The molecule has 1 aromatic rings. The van der Waals surface area contributed by atoms with Crippen LogP contribution in [0.25, 0.3) is 0 Å². The molecule has 0 amide bonds. The van der Waals surface area contributed by atoms with E-state index in [2.05, 4.69) is 4.98 Å². The lowest BCUT2D eigenvalue weighted by molar-refractivity contribution is -0.137. The third kappa shape index (κ3) is 2.99. The van der Waals surface area contributed by atoms with Crippen LogP contribution < -0.4 is 5.73 Å². The fourth-order valence-corrected chi connectivity index (χ4v) is 1.02. The Labute approximate surface area is 79.9 Å². The normalized spacial score (nSPS) is 11.7. The first-order valence-electron chi connectivity index (χ1n) is 4.26. The molecule has 0 aliphatic rings. The van der Waals surface area contributed by atoms with Gasteiger partial charge in [-0.3, -0.25) is 4.98 Å². The molecule has 0 fully saturated rings. The van der Waals surface area contributed by atoms with Crippen molar-refractivity contribution in [2.24, 2.45) is 5.73 Å². The summed E-state index contributed by atoms with van der Waals surface area (Å²) in [5.41, 5.74) is 5.20. The summed E-state index contributed by atoms with van der Waals surface area (Å²) in [5.74, 6) is 0. The van der Waals surface area contributed by atoms with Gasteiger partial charge in [0.05, 0.1) is 5.56 Å². The van der Waals surface area contributed by atoms with Crippen LogP contribution in [0, 0.1) is 0 Å². The zero-order valence-corrected chi connectivity index (χ0v) is 7.51. The Morgan fingerprint density at radius 2 is 2.00 bits per heavy atom. The van der Waals surface area contributed by atoms with Crippen LogP contribution in [0.1, 0.15) is 17.7 Å². The second-order valence-electron chi connectivity index (χ2n) is 2.93. The van der Waals surface area contributed by atoms with Gasteiger partial charge < -0.3 is 5.73 Å². The van der Waals surface area contributed by atoms with Crippen LogP contribution in [0.5, 0.6) is 0 Å². The van der Waals surface area contributed by atoms with Crippen LogP contribution >= 0.6 is 0 Å². The van der Waals surface area contributed by atoms with Crippen molar-refractivity contribution >= 4 is 0 Å². The molecular formula is C9H11F3N2. The minimum Gasteiger partial charge on any atom is -0.330 e. The van der Waals surface area contributed by atoms with Crippen LogP contribution in [-0.2, 0) is 12.6 Å². The molecular weight excluding hydrogens is 193 g/mol. The van der Waals surface area contributed by atoms with E-state index >= 15 is 0 Å². The van der Waals surface area contributed by atoms with E-state index < -0.39 is 11.7 Å². The van der Waals surface area contributed by atoms with Crippen molar-refractivity contribution in [3.63, 3.8) is 0 Å². The number of hydrogen-bond acceptors (Lipinski definition) is 2. The number of nitrogens with two attached hydrogens (primary N) is 1. The van der Waals surface area contributed by atoms with E-state index in [1.807, 2.05) is 0 Å². The molecule has 0 aliphatic heterocycles. The lowest BCUT2D eigenvalue weighted by Gasteiger charge is -2.06. The van der Waals surface area contributed by atoms with Crippen LogP contribution in [0.15, 0.2) is 18.3 Å². The van der Waals surface area contributed by atoms with Crippen molar-refractivity contribution < 1.29 is 13.2 Å². The van der Waals surface area contributed by atoms with Crippen molar-refractivity contribution in [1.82, 2.24) is 4.98 Å². The van der Waals surface area contributed by atoms with Crippen molar-refractivity contribution in [3.8, 4) is 0 Å². The lowest BCUT2D eigenvalue weighted by atomic mass is 10.2. The van der Waals surface area contributed by atoms with Crippen LogP contribution in [0.2, 0.25) is 0 Å². The lowest BCUT2D eigenvalue weighted by Crippen LogP contribution is -2.06. The van der Waals surface area contributed by atoms with Crippen LogP contribution in [0.3, 0.4) is 0 Å². The average Bonchev–Trinajstić information content (AvgIpc) is 2.14. The zero-order valence-electron chi connectivity index (χ0n) is 7.51. The highest BCUT2D eigenvalue weighted by Gasteiger charge is 2.30. The number of hydrogen-bond donors (Lipinski definition) is 1. The molecule has 78 valence electrons. The van der Waals surface area contributed by atoms with Crippen molar-refractivity contribution in [2.45, 2.75) is 19.0 Å². The summed E-state index contributed by atoms with van der Waals surface area (Å²) in [5, 5.41) is 0. The number of nitrogens with zero attached hydrogens (tertiary/aromatic N) is 1. The van der Waals surface area contributed by atoms with Gasteiger partial charge in [-0.1, -0.05) is 0 Å². The average molecular weight is 204 g/mol. The van der Waals surface area contributed by atoms with Gasteiger partial charge in [0.15, 0.2) is 0 Å². The van der Waals surface area contributed by atoms with E-state index in [1.165, 1.54) is 6.07 Å². The molecule has 1 heterocycles. The quantitative estimate of drug-likeness (QED) is 0.817. The fourth-order valence-electron chi connectivity index (χ4n) is 1.02. The highest BCUT2D eigenvalue weighted by atomic mass is 19.4. The largest absolute Gasteiger partial charge is 0.417 e. The molecule has 0 bridgehead atoms. The Balaban J connectivity index is 2.69. The van der Waals surface area contributed by atoms with Crippen molar-refractivity contribution in [1.29, 1.82) is 0 Å². The van der Waals surface area contributed by atoms with E-state index in [0.717, 1.165) is 18.7 Å². The molecule has 0 radical (unpaired) electrons. The highest BCUT2D eigenvalue weighted by molar-refractivity contribution is 5.16. The first-order chi connectivity index (χ1) is 6.54. The van der Waals surface area contributed by atoms with Crippen LogP contribution in [0.4, 0.5) is 13.2 Å². The number of aromatic nitrogens is 1. The van der Waals surface area contributed by atoms with Gasteiger partial charge in [0, 0.05) is 11.9 Å². The fraction of sp³-hybridized carbons (Fsp3) is 0.444. The van der Waals surface area contributed by atoms with Gasteiger partial charge in [-0.15, -0.1) is 0 Å². The van der Waals surface area contributed by atoms with E-state index in [-0.39, 0.29) is 0 Å². The first kappa shape index (κ1) is 11.0. The maximum Gasteiger partial charge on any atom is 0.417 e. The van der Waals surface area contributed by atoms with E-state index in [1.54, 1.807) is 0 Å². The van der Waals surface area contributed by atoms with Gasteiger partial charge in [-0.25, -0.2) is 0 Å². The summed E-state index contributed by atoms with van der Waals surface area (Å²) >= 11 is 0. The van der Waals surface area contributed by atoms with Gasteiger partial charge in [0.25, 0.3) is 0 Å². The summed E-state index contributed by atoms with van der Waals surface area (Å²) in [6.45, 7) is 0.517. The molecule has 2 N–H and O–H groups in total. The monoisotopic (exact) mass is 204 g/mol. The minimum atomic E-state index is -4.31. The molecule has 2 nitrogen and oxygen atoms in total. The zero-order chi connectivity index (χ0) is 10.6. The maximum atomic E-state index is 12.1. The Kier molecular flexibility index (Phi) is 3.46. The molecule has 0 saturated carbocycles. The minimum absolute atomic E-state index is 0.517. The van der Waals surface area contributed by atoms with Crippen molar-refractivity contribution in [3.05, 3.63) is 29.6 Å². The Bertz CT molecular complexity index is 279. The molecule has 0 spiro atoms. The molecule has 0 saturated heterocycles. The Hall–Kier alpha value is -1.10. The summed E-state index contributed by atoms with van der Waals surface area (Å²) in [6, 6.07) is 2.43. The molecule has 1 aromatic heterocycles. The van der Waals surface area contributed by atoms with E-state index in [0.29, 0.717) is 18.7 Å². The molecule has 1 rings (SSSR count). The maximum absolute atomic E-state index is 12.1.